The van der Waals surface area contributed by atoms with E-state index in [1.165, 1.54) is 41.9 Å². The van der Waals surface area contributed by atoms with Crippen molar-refractivity contribution in [3.63, 3.8) is 0 Å². The molecule has 3 rings (SSSR count). The fourth-order valence-electron chi connectivity index (χ4n) is 3.03. The van der Waals surface area contributed by atoms with Gasteiger partial charge in [-0.25, -0.2) is 0 Å². The lowest BCUT2D eigenvalue weighted by molar-refractivity contribution is -0.380. The molecule has 0 spiro atoms. The smallest absolute Gasteiger partial charge is 0.304 e. The highest BCUT2D eigenvalue weighted by molar-refractivity contribution is 7.15. The molecule has 1 aliphatic carbocycles. The average Bonchev–Trinajstić information content (AvgIpc) is 3.22. The quantitative estimate of drug-likeness (QED) is 0.617. The van der Waals surface area contributed by atoms with Gasteiger partial charge >= 0.3 is 5.00 Å². The minimum atomic E-state index is -0.318. The van der Waals surface area contributed by atoms with Crippen molar-refractivity contribution in [1.29, 1.82) is 0 Å². The van der Waals surface area contributed by atoms with Gasteiger partial charge in [0, 0.05) is 28.4 Å². The molecular weight excluding hydrogens is 304 g/mol. The van der Waals surface area contributed by atoms with Gasteiger partial charge < -0.3 is 5.32 Å². The largest absolute Gasteiger partial charge is 0.324 e. The maximum Gasteiger partial charge on any atom is 0.324 e. The lowest BCUT2D eigenvalue weighted by Gasteiger charge is -2.23. The van der Waals surface area contributed by atoms with E-state index in [2.05, 4.69) is 22.8 Å². The molecule has 2 aromatic rings. The Kier molecular flexibility index (Phi) is 4.67. The molecule has 0 bridgehead atoms. The van der Waals surface area contributed by atoms with Crippen LogP contribution in [-0.4, -0.2) is 4.92 Å². The molecule has 1 saturated carbocycles. The third kappa shape index (κ3) is 3.51. The first-order valence-corrected chi connectivity index (χ1v) is 8.93. The lowest BCUT2D eigenvalue weighted by atomic mass is 9.96. The molecule has 0 amide bonds. The molecule has 1 fully saturated rings. The van der Waals surface area contributed by atoms with Crippen LogP contribution in [0.3, 0.4) is 0 Å². The molecule has 1 unspecified atom stereocenters. The van der Waals surface area contributed by atoms with Crippen LogP contribution >= 0.6 is 22.7 Å². The Morgan fingerprint density at radius 3 is 2.76 bits per heavy atom. The highest BCUT2D eigenvalue weighted by Gasteiger charge is 2.26. The van der Waals surface area contributed by atoms with Crippen molar-refractivity contribution in [1.82, 2.24) is 5.32 Å². The zero-order valence-corrected chi connectivity index (χ0v) is 13.3. The molecule has 1 atom stereocenters. The summed E-state index contributed by atoms with van der Waals surface area (Å²) >= 11 is 3.06. The SMILES string of the molecule is O=[N+]([O-])c1ccc(CNC(c2cccs2)C2CCCC2)s1. The van der Waals surface area contributed by atoms with Crippen LogP contribution in [0.15, 0.2) is 29.6 Å². The van der Waals surface area contributed by atoms with E-state index < -0.39 is 0 Å². The van der Waals surface area contributed by atoms with Gasteiger partial charge in [-0.15, -0.1) is 11.3 Å². The highest BCUT2D eigenvalue weighted by Crippen LogP contribution is 2.37. The van der Waals surface area contributed by atoms with Crippen LogP contribution in [0.2, 0.25) is 0 Å². The second-order valence-corrected chi connectivity index (χ2v) is 7.54. The molecule has 1 aliphatic rings. The third-order valence-electron chi connectivity index (χ3n) is 4.04. The van der Waals surface area contributed by atoms with E-state index in [0.717, 1.165) is 4.88 Å². The van der Waals surface area contributed by atoms with Crippen molar-refractivity contribution < 1.29 is 4.92 Å². The monoisotopic (exact) mass is 322 g/mol. The average molecular weight is 322 g/mol. The van der Waals surface area contributed by atoms with Crippen molar-refractivity contribution >= 4 is 27.7 Å². The number of nitrogens with zero attached hydrogens (tertiary/aromatic N) is 1. The number of rotatable bonds is 6. The van der Waals surface area contributed by atoms with Crippen molar-refractivity contribution in [3.05, 3.63) is 49.5 Å². The Labute approximate surface area is 132 Å². The molecule has 0 aromatic carbocycles. The van der Waals surface area contributed by atoms with Gasteiger partial charge in [-0.05, 0) is 36.3 Å². The Hall–Kier alpha value is -1.24. The number of nitro groups is 1. The van der Waals surface area contributed by atoms with E-state index in [4.69, 9.17) is 0 Å². The maximum absolute atomic E-state index is 10.7. The third-order valence-corrected chi connectivity index (χ3v) is 6.04. The summed E-state index contributed by atoms with van der Waals surface area (Å²) in [7, 11) is 0. The first kappa shape index (κ1) is 14.7. The van der Waals surface area contributed by atoms with Crippen molar-refractivity contribution in [3.8, 4) is 0 Å². The summed E-state index contributed by atoms with van der Waals surface area (Å²) in [5.74, 6) is 0.693. The minimum Gasteiger partial charge on any atom is -0.304 e. The molecule has 4 nitrogen and oxygen atoms in total. The normalized spacial score (nSPS) is 17.1. The second-order valence-electron chi connectivity index (χ2n) is 5.42. The number of nitrogens with one attached hydrogen (secondary N) is 1. The maximum atomic E-state index is 10.7. The van der Waals surface area contributed by atoms with Crippen LogP contribution < -0.4 is 5.32 Å². The summed E-state index contributed by atoms with van der Waals surface area (Å²) in [5, 5.41) is 16.7. The molecule has 2 aromatic heterocycles. The van der Waals surface area contributed by atoms with E-state index in [0.29, 0.717) is 18.5 Å². The molecule has 0 saturated heterocycles. The molecule has 112 valence electrons. The van der Waals surface area contributed by atoms with Crippen LogP contribution in [0.25, 0.3) is 0 Å². The number of hydrogen-bond acceptors (Lipinski definition) is 5. The van der Waals surface area contributed by atoms with Gasteiger partial charge in [-0.3, -0.25) is 10.1 Å². The minimum absolute atomic E-state index is 0.223. The molecule has 6 heteroatoms. The predicted octanol–water partition coefficient (Wildman–Crippen LogP) is 4.74. The zero-order chi connectivity index (χ0) is 14.7. The molecule has 1 N–H and O–H groups in total. The Morgan fingerprint density at radius 1 is 1.33 bits per heavy atom. The first-order valence-electron chi connectivity index (χ1n) is 7.24. The van der Waals surface area contributed by atoms with Crippen LogP contribution in [0.5, 0.6) is 0 Å². The second kappa shape index (κ2) is 6.68. The van der Waals surface area contributed by atoms with E-state index >= 15 is 0 Å². The topological polar surface area (TPSA) is 55.2 Å². The Morgan fingerprint density at radius 2 is 2.14 bits per heavy atom. The van der Waals surface area contributed by atoms with E-state index in [1.807, 2.05) is 6.07 Å². The standard InChI is InChI=1S/C15H18N2O2S2/c18-17(19)14-8-7-12(21-14)10-16-15(11-4-1-2-5-11)13-6-3-9-20-13/h3,6-9,11,15-16H,1-2,4-5,10H2. The Balaban J connectivity index is 1.68. The van der Waals surface area contributed by atoms with Gasteiger partial charge in [0.1, 0.15) is 0 Å². The van der Waals surface area contributed by atoms with Gasteiger partial charge in [-0.2, -0.15) is 0 Å². The predicted molar refractivity (Wildman–Crippen MR) is 86.8 cm³/mol. The van der Waals surface area contributed by atoms with Crippen molar-refractivity contribution in [2.24, 2.45) is 5.92 Å². The van der Waals surface area contributed by atoms with Gasteiger partial charge in [0.25, 0.3) is 0 Å². The molecule has 0 radical (unpaired) electrons. The fourth-order valence-corrected chi connectivity index (χ4v) is 4.69. The van der Waals surface area contributed by atoms with Crippen molar-refractivity contribution in [2.75, 3.05) is 0 Å². The zero-order valence-electron chi connectivity index (χ0n) is 11.7. The summed E-state index contributed by atoms with van der Waals surface area (Å²) in [5.41, 5.74) is 0. The molecule has 0 aliphatic heterocycles. The van der Waals surface area contributed by atoms with Gasteiger partial charge in [0.2, 0.25) is 0 Å². The van der Waals surface area contributed by atoms with Crippen LogP contribution in [0, 0.1) is 16.0 Å². The highest BCUT2D eigenvalue weighted by atomic mass is 32.1. The molecular formula is C15H18N2O2S2. The van der Waals surface area contributed by atoms with E-state index in [-0.39, 0.29) is 9.92 Å². The first-order chi connectivity index (χ1) is 10.2. The molecule has 21 heavy (non-hydrogen) atoms. The summed E-state index contributed by atoms with van der Waals surface area (Å²) in [6.45, 7) is 0.706. The summed E-state index contributed by atoms with van der Waals surface area (Å²) in [6.07, 6.45) is 5.19. The summed E-state index contributed by atoms with van der Waals surface area (Å²) in [6, 6.07) is 8.12. The van der Waals surface area contributed by atoms with Gasteiger partial charge in [0.05, 0.1) is 4.92 Å². The Bertz CT molecular complexity index is 589. The summed E-state index contributed by atoms with van der Waals surface area (Å²) in [4.78, 5) is 12.8. The number of hydrogen-bond donors (Lipinski definition) is 1. The van der Waals surface area contributed by atoms with Crippen LogP contribution in [0.4, 0.5) is 5.00 Å². The fraction of sp³-hybridized carbons (Fsp3) is 0.467. The lowest BCUT2D eigenvalue weighted by Crippen LogP contribution is -2.25. The summed E-state index contributed by atoms with van der Waals surface area (Å²) < 4.78 is 0. The molecule has 2 heterocycles. The van der Waals surface area contributed by atoms with Gasteiger partial charge in [-0.1, -0.05) is 30.2 Å². The number of thiophene rings is 2. The van der Waals surface area contributed by atoms with E-state index in [1.54, 1.807) is 17.4 Å². The van der Waals surface area contributed by atoms with Gasteiger partial charge in [0.15, 0.2) is 0 Å². The van der Waals surface area contributed by atoms with Crippen LogP contribution in [0.1, 0.15) is 41.5 Å². The van der Waals surface area contributed by atoms with Crippen molar-refractivity contribution in [2.45, 2.75) is 38.3 Å². The van der Waals surface area contributed by atoms with Crippen LogP contribution in [-0.2, 0) is 6.54 Å². The van der Waals surface area contributed by atoms with E-state index in [9.17, 15) is 10.1 Å².